The normalized spacial score (nSPS) is 19.1. The molecular formula is C14H14F3N3O. The Morgan fingerprint density at radius 1 is 1.33 bits per heavy atom. The minimum Gasteiger partial charge on any atom is -0.339 e. The van der Waals surface area contributed by atoms with Crippen molar-refractivity contribution in [2.24, 2.45) is 0 Å². The second kappa shape index (κ2) is 5.48. The van der Waals surface area contributed by atoms with Crippen molar-refractivity contribution < 1.29 is 17.7 Å². The first-order valence-corrected chi connectivity index (χ1v) is 6.74. The Hall–Kier alpha value is -1.89. The van der Waals surface area contributed by atoms with Crippen LogP contribution in [-0.4, -0.2) is 16.7 Å². The first-order valence-electron chi connectivity index (χ1n) is 6.74. The highest BCUT2D eigenvalue weighted by atomic mass is 19.4. The molecule has 7 heteroatoms. The highest BCUT2D eigenvalue weighted by Crippen LogP contribution is 2.30. The van der Waals surface area contributed by atoms with Crippen molar-refractivity contribution in [1.29, 1.82) is 0 Å². The van der Waals surface area contributed by atoms with Gasteiger partial charge in [-0.15, -0.1) is 0 Å². The van der Waals surface area contributed by atoms with Gasteiger partial charge in [0.1, 0.15) is 0 Å². The predicted octanol–water partition coefficient (Wildman–Crippen LogP) is 3.10. The van der Waals surface area contributed by atoms with E-state index in [1.807, 2.05) is 0 Å². The zero-order chi connectivity index (χ0) is 14.9. The summed E-state index contributed by atoms with van der Waals surface area (Å²) in [6.07, 6.45) is -2.14. The first kappa shape index (κ1) is 14.1. The van der Waals surface area contributed by atoms with Crippen LogP contribution < -0.4 is 5.32 Å². The minimum absolute atomic E-state index is 0.0870. The summed E-state index contributed by atoms with van der Waals surface area (Å²) in [6, 6.07) is 5.24. The lowest BCUT2D eigenvalue weighted by molar-refractivity contribution is -0.137. The summed E-state index contributed by atoms with van der Waals surface area (Å²) >= 11 is 0. The maximum atomic E-state index is 12.7. The van der Waals surface area contributed by atoms with E-state index in [0.29, 0.717) is 17.3 Å². The molecule has 3 rings (SSSR count). The molecule has 1 aliphatic heterocycles. The monoisotopic (exact) mass is 297 g/mol. The molecule has 0 radical (unpaired) electrons. The highest BCUT2D eigenvalue weighted by molar-refractivity contribution is 5.27. The zero-order valence-electron chi connectivity index (χ0n) is 11.2. The van der Waals surface area contributed by atoms with E-state index in [-0.39, 0.29) is 12.5 Å². The Morgan fingerprint density at radius 2 is 2.19 bits per heavy atom. The molecular weight excluding hydrogens is 283 g/mol. The van der Waals surface area contributed by atoms with E-state index in [0.717, 1.165) is 31.5 Å². The summed E-state index contributed by atoms with van der Waals surface area (Å²) in [4.78, 5) is 4.26. The van der Waals surface area contributed by atoms with E-state index in [9.17, 15) is 13.2 Å². The van der Waals surface area contributed by atoms with Crippen molar-refractivity contribution in [2.45, 2.75) is 31.5 Å². The van der Waals surface area contributed by atoms with Gasteiger partial charge in [-0.2, -0.15) is 18.2 Å². The number of nitrogens with zero attached hydrogens (tertiary/aromatic N) is 2. The van der Waals surface area contributed by atoms with Crippen LogP contribution >= 0.6 is 0 Å². The average molecular weight is 297 g/mol. The molecule has 1 aromatic heterocycles. The molecule has 2 heterocycles. The standard InChI is InChI=1S/C14H14F3N3O/c15-14(16,17)10-4-1-3-9(7-10)8-12-19-13(20-21-12)11-5-2-6-18-11/h1,3-4,7,11,18H,2,5-6,8H2. The van der Waals surface area contributed by atoms with Gasteiger partial charge in [0.2, 0.25) is 5.89 Å². The molecule has 1 aromatic carbocycles. The SMILES string of the molecule is FC(F)(F)c1cccc(Cc2nc(C3CCCN3)no2)c1. The van der Waals surface area contributed by atoms with Crippen LogP contribution in [0.4, 0.5) is 13.2 Å². The number of benzene rings is 1. The Kier molecular flexibility index (Phi) is 3.67. The first-order chi connectivity index (χ1) is 10.0. The number of nitrogens with one attached hydrogen (secondary N) is 1. The van der Waals surface area contributed by atoms with Gasteiger partial charge in [0.05, 0.1) is 18.0 Å². The largest absolute Gasteiger partial charge is 0.416 e. The lowest BCUT2D eigenvalue weighted by atomic mass is 10.1. The molecule has 112 valence electrons. The predicted molar refractivity (Wildman–Crippen MR) is 68.5 cm³/mol. The van der Waals surface area contributed by atoms with Gasteiger partial charge in [0, 0.05) is 0 Å². The van der Waals surface area contributed by atoms with Crippen LogP contribution in [0.15, 0.2) is 28.8 Å². The third-order valence-corrected chi connectivity index (χ3v) is 3.47. The number of halogens is 3. The maximum absolute atomic E-state index is 12.7. The molecule has 1 atom stereocenters. The summed E-state index contributed by atoms with van der Waals surface area (Å²) < 4.78 is 43.1. The van der Waals surface area contributed by atoms with Crippen LogP contribution in [0.3, 0.4) is 0 Å². The van der Waals surface area contributed by atoms with E-state index in [2.05, 4.69) is 15.5 Å². The Labute approximate surface area is 119 Å². The molecule has 1 aliphatic rings. The summed E-state index contributed by atoms with van der Waals surface area (Å²) in [7, 11) is 0. The Balaban J connectivity index is 1.74. The molecule has 4 nitrogen and oxygen atoms in total. The molecule has 0 aliphatic carbocycles. The number of aromatic nitrogens is 2. The lowest BCUT2D eigenvalue weighted by Crippen LogP contribution is -2.14. The van der Waals surface area contributed by atoms with Crippen molar-refractivity contribution in [3.05, 3.63) is 47.1 Å². The van der Waals surface area contributed by atoms with Gasteiger partial charge < -0.3 is 9.84 Å². The van der Waals surface area contributed by atoms with Crippen molar-refractivity contribution in [3.8, 4) is 0 Å². The number of hydrogen-bond acceptors (Lipinski definition) is 4. The van der Waals surface area contributed by atoms with Gasteiger partial charge in [-0.1, -0.05) is 23.4 Å². The Morgan fingerprint density at radius 3 is 2.90 bits per heavy atom. The lowest BCUT2D eigenvalue weighted by Gasteiger charge is -2.07. The second-order valence-corrected chi connectivity index (χ2v) is 5.07. The summed E-state index contributed by atoms with van der Waals surface area (Å²) in [6.45, 7) is 0.919. The highest BCUT2D eigenvalue weighted by Gasteiger charge is 2.30. The van der Waals surface area contributed by atoms with E-state index >= 15 is 0 Å². The Bertz CT molecular complexity index is 618. The van der Waals surface area contributed by atoms with Crippen LogP contribution in [0.5, 0.6) is 0 Å². The molecule has 0 bridgehead atoms. The fourth-order valence-corrected chi connectivity index (χ4v) is 2.42. The van der Waals surface area contributed by atoms with E-state index in [1.54, 1.807) is 6.07 Å². The van der Waals surface area contributed by atoms with Gasteiger partial charge in [-0.25, -0.2) is 0 Å². The average Bonchev–Trinajstić information content (AvgIpc) is 3.08. The van der Waals surface area contributed by atoms with Gasteiger partial charge >= 0.3 is 6.18 Å². The van der Waals surface area contributed by atoms with Gasteiger partial charge in [-0.05, 0) is 31.0 Å². The fourth-order valence-electron chi connectivity index (χ4n) is 2.42. The van der Waals surface area contributed by atoms with Crippen LogP contribution in [0.1, 0.15) is 41.7 Å². The van der Waals surface area contributed by atoms with E-state index in [1.165, 1.54) is 6.07 Å². The van der Waals surface area contributed by atoms with Crippen LogP contribution in [0.25, 0.3) is 0 Å². The van der Waals surface area contributed by atoms with Crippen molar-refractivity contribution >= 4 is 0 Å². The zero-order valence-corrected chi connectivity index (χ0v) is 11.2. The maximum Gasteiger partial charge on any atom is 0.416 e. The number of alkyl halides is 3. The van der Waals surface area contributed by atoms with Crippen molar-refractivity contribution in [2.75, 3.05) is 6.54 Å². The third-order valence-electron chi connectivity index (χ3n) is 3.47. The molecule has 0 amide bonds. The molecule has 0 saturated carbocycles. The van der Waals surface area contributed by atoms with E-state index in [4.69, 9.17) is 4.52 Å². The molecule has 21 heavy (non-hydrogen) atoms. The summed E-state index contributed by atoms with van der Waals surface area (Å²) in [5.74, 6) is 0.910. The third kappa shape index (κ3) is 3.24. The van der Waals surface area contributed by atoms with Crippen LogP contribution in [-0.2, 0) is 12.6 Å². The molecule has 1 saturated heterocycles. The molecule has 2 aromatic rings. The topological polar surface area (TPSA) is 51.0 Å². The fraction of sp³-hybridized carbons (Fsp3) is 0.429. The minimum atomic E-state index is -4.34. The molecule has 1 fully saturated rings. The van der Waals surface area contributed by atoms with Crippen molar-refractivity contribution in [3.63, 3.8) is 0 Å². The van der Waals surface area contributed by atoms with Crippen molar-refractivity contribution in [1.82, 2.24) is 15.5 Å². The second-order valence-electron chi connectivity index (χ2n) is 5.07. The number of rotatable bonds is 3. The number of hydrogen-bond donors (Lipinski definition) is 1. The van der Waals surface area contributed by atoms with Gasteiger partial charge in [0.15, 0.2) is 5.82 Å². The molecule has 1 unspecified atom stereocenters. The van der Waals surface area contributed by atoms with E-state index < -0.39 is 11.7 Å². The molecule has 0 spiro atoms. The summed E-state index contributed by atoms with van der Waals surface area (Å²) in [5, 5.41) is 7.14. The smallest absolute Gasteiger partial charge is 0.339 e. The van der Waals surface area contributed by atoms with Gasteiger partial charge in [-0.3, -0.25) is 0 Å². The van der Waals surface area contributed by atoms with Gasteiger partial charge in [0.25, 0.3) is 0 Å². The molecule has 1 N–H and O–H groups in total. The van der Waals surface area contributed by atoms with Crippen LogP contribution in [0.2, 0.25) is 0 Å². The summed E-state index contributed by atoms with van der Waals surface area (Å²) in [5.41, 5.74) is -0.170. The quantitative estimate of drug-likeness (QED) is 0.946. The van der Waals surface area contributed by atoms with Crippen LogP contribution in [0, 0.1) is 0 Å².